The minimum atomic E-state index is 0.759. The summed E-state index contributed by atoms with van der Waals surface area (Å²) in [5, 5.41) is 3.73. The first kappa shape index (κ1) is 15.1. The van der Waals surface area contributed by atoms with Crippen LogP contribution in [-0.4, -0.2) is 37.1 Å². The molecule has 116 valence electrons. The molecule has 0 aromatic heterocycles. The summed E-state index contributed by atoms with van der Waals surface area (Å²) in [6.07, 6.45) is 8.11. The number of hydrogen-bond donors (Lipinski definition) is 1. The second kappa shape index (κ2) is 7.42. The van der Waals surface area contributed by atoms with Gasteiger partial charge in [0.2, 0.25) is 0 Å². The summed E-state index contributed by atoms with van der Waals surface area (Å²) in [4.78, 5) is 2.72. The fraction of sp³-hybridized carbons (Fsp3) is 0.684. The Labute approximate surface area is 129 Å². The molecule has 1 N–H and O–H groups in total. The van der Waals surface area contributed by atoms with Crippen LogP contribution >= 0.6 is 0 Å². The summed E-state index contributed by atoms with van der Waals surface area (Å²) < 4.78 is 0. The SMILES string of the molecule is CCNC1CCCCC1CN1CCc2ccccc2CC1. The van der Waals surface area contributed by atoms with E-state index in [2.05, 4.69) is 41.4 Å². The molecule has 1 fully saturated rings. The van der Waals surface area contributed by atoms with Crippen LogP contribution in [0.5, 0.6) is 0 Å². The lowest BCUT2D eigenvalue weighted by atomic mass is 9.84. The topological polar surface area (TPSA) is 15.3 Å². The van der Waals surface area contributed by atoms with Crippen LogP contribution < -0.4 is 5.32 Å². The molecule has 1 aliphatic carbocycles. The minimum absolute atomic E-state index is 0.759. The van der Waals surface area contributed by atoms with E-state index in [1.807, 2.05) is 0 Å². The van der Waals surface area contributed by atoms with Crippen molar-refractivity contribution in [1.82, 2.24) is 10.2 Å². The fourth-order valence-electron chi connectivity index (χ4n) is 4.19. The molecule has 1 aliphatic heterocycles. The van der Waals surface area contributed by atoms with Crippen molar-refractivity contribution in [3.05, 3.63) is 35.4 Å². The molecule has 0 bridgehead atoms. The summed E-state index contributed by atoms with van der Waals surface area (Å²) in [5.74, 6) is 0.861. The standard InChI is InChI=1S/C19H30N2/c1-2-20-19-10-6-5-9-18(19)15-21-13-11-16-7-3-4-8-17(16)12-14-21/h3-4,7-8,18-20H,2,5-6,9-15H2,1H3. The Morgan fingerprint density at radius 1 is 1.05 bits per heavy atom. The van der Waals surface area contributed by atoms with E-state index in [0.717, 1.165) is 18.5 Å². The highest BCUT2D eigenvalue weighted by Gasteiger charge is 2.26. The Morgan fingerprint density at radius 2 is 1.71 bits per heavy atom. The lowest BCUT2D eigenvalue weighted by Gasteiger charge is -2.35. The second-order valence-electron chi connectivity index (χ2n) is 6.78. The van der Waals surface area contributed by atoms with Crippen LogP contribution in [0.1, 0.15) is 43.7 Å². The fourth-order valence-corrected chi connectivity index (χ4v) is 4.19. The number of nitrogens with zero attached hydrogens (tertiary/aromatic N) is 1. The first-order valence-corrected chi connectivity index (χ1v) is 8.89. The maximum Gasteiger partial charge on any atom is 0.0107 e. The van der Waals surface area contributed by atoms with Crippen molar-refractivity contribution in [3.63, 3.8) is 0 Å². The lowest BCUT2D eigenvalue weighted by molar-refractivity contribution is 0.173. The zero-order valence-electron chi connectivity index (χ0n) is 13.5. The summed E-state index contributed by atoms with van der Waals surface area (Å²) in [6, 6.07) is 9.78. The van der Waals surface area contributed by atoms with Crippen molar-refractivity contribution < 1.29 is 0 Å². The monoisotopic (exact) mass is 286 g/mol. The van der Waals surface area contributed by atoms with Gasteiger partial charge < -0.3 is 10.2 Å². The molecule has 1 aromatic carbocycles. The van der Waals surface area contributed by atoms with Gasteiger partial charge in [-0.15, -0.1) is 0 Å². The largest absolute Gasteiger partial charge is 0.314 e. The van der Waals surface area contributed by atoms with Crippen molar-refractivity contribution in [3.8, 4) is 0 Å². The normalized spacial score (nSPS) is 27.1. The van der Waals surface area contributed by atoms with E-state index in [4.69, 9.17) is 0 Å². The van der Waals surface area contributed by atoms with Crippen LogP contribution in [0, 0.1) is 5.92 Å². The van der Waals surface area contributed by atoms with E-state index in [-0.39, 0.29) is 0 Å². The van der Waals surface area contributed by atoms with Crippen molar-refractivity contribution in [2.75, 3.05) is 26.2 Å². The van der Waals surface area contributed by atoms with Crippen LogP contribution in [-0.2, 0) is 12.8 Å². The van der Waals surface area contributed by atoms with E-state index < -0.39 is 0 Å². The van der Waals surface area contributed by atoms with Crippen LogP contribution in [0.25, 0.3) is 0 Å². The maximum absolute atomic E-state index is 3.73. The Kier molecular flexibility index (Phi) is 5.32. The van der Waals surface area contributed by atoms with E-state index in [1.54, 1.807) is 11.1 Å². The van der Waals surface area contributed by atoms with Gasteiger partial charge in [0.05, 0.1) is 0 Å². The average Bonchev–Trinajstić information content (AvgIpc) is 2.72. The molecule has 2 aliphatic rings. The van der Waals surface area contributed by atoms with Crippen molar-refractivity contribution in [2.45, 2.75) is 51.5 Å². The Balaban J connectivity index is 1.58. The number of rotatable bonds is 4. The van der Waals surface area contributed by atoms with Gasteiger partial charge in [0, 0.05) is 25.7 Å². The van der Waals surface area contributed by atoms with E-state index in [0.29, 0.717) is 0 Å². The quantitative estimate of drug-likeness (QED) is 0.914. The number of benzene rings is 1. The van der Waals surface area contributed by atoms with Gasteiger partial charge >= 0.3 is 0 Å². The average molecular weight is 286 g/mol. The highest BCUT2D eigenvalue weighted by Crippen LogP contribution is 2.26. The van der Waals surface area contributed by atoms with Crippen molar-refractivity contribution >= 4 is 0 Å². The van der Waals surface area contributed by atoms with Crippen molar-refractivity contribution in [1.29, 1.82) is 0 Å². The first-order valence-electron chi connectivity index (χ1n) is 8.89. The molecule has 1 heterocycles. The predicted octanol–water partition coefficient (Wildman–Crippen LogP) is 3.26. The molecule has 1 aromatic rings. The smallest absolute Gasteiger partial charge is 0.0107 e. The molecule has 3 rings (SSSR count). The molecule has 2 unspecified atom stereocenters. The second-order valence-corrected chi connectivity index (χ2v) is 6.78. The number of fused-ring (bicyclic) bond motifs is 1. The van der Waals surface area contributed by atoms with Crippen LogP contribution in [0.15, 0.2) is 24.3 Å². The first-order chi connectivity index (χ1) is 10.4. The van der Waals surface area contributed by atoms with Gasteiger partial charge in [-0.25, -0.2) is 0 Å². The third-order valence-electron chi connectivity index (χ3n) is 5.38. The lowest BCUT2D eigenvalue weighted by Crippen LogP contribution is -2.44. The Hall–Kier alpha value is -0.860. The zero-order valence-corrected chi connectivity index (χ0v) is 13.5. The van der Waals surface area contributed by atoms with Gasteiger partial charge in [-0.1, -0.05) is 44.0 Å². The zero-order chi connectivity index (χ0) is 14.5. The molecule has 21 heavy (non-hydrogen) atoms. The van der Waals surface area contributed by atoms with Gasteiger partial charge in [-0.2, -0.15) is 0 Å². The highest BCUT2D eigenvalue weighted by atomic mass is 15.1. The van der Waals surface area contributed by atoms with Gasteiger partial charge in [0.1, 0.15) is 0 Å². The molecular formula is C19H30N2. The van der Waals surface area contributed by atoms with Gasteiger partial charge in [0.15, 0.2) is 0 Å². The van der Waals surface area contributed by atoms with Crippen LogP contribution in [0.4, 0.5) is 0 Å². The molecule has 2 atom stereocenters. The molecule has 0 amide bonds. The summed E-state index contributed by atoms with van der Waals surface area (Å²) in [7, 11) is 0. The summed E-state index contributed by atoms with van der Waals surface area (Å²) in [6.45, 7) is 7.14. The molecule has 1 saturated carbocycles. The third kappa shape index (κ3) is 3.87. The Bertz CT molecular complexity index is 414. The van der Waals surface area contributed by atoms with E-state index in [9.17, 15) is 0 Å². The third-order valence-corrected chi connectivity index (χ3v) is 5.38. The van der Waals surface area contributed by atoms with E-state index in [1.165, 1.54) is 58.2 Å². The Morgan fingerprint density at radius 3 is 2.38 bits per heavy atom. The number of nitrogens with one attached hydrogen (secondary N) is 1. The maximum atomic E-state index is 3.73. The number of hydrogen-bond acceptors (Lipinski definition) is 2. The van der Waals surface area contributed by atoms with Gasteiger partial charge in [-0.3, -0.25) is 0 Å². The molecule has 0 spiro atoms. The predicted molar refractivity (Wildman–Crippen MR) is 89.7 cm³/mol. The summed E-state index contributed by atoms with van der Waals surface area (Å²) in [5.41, 5.74) is 3.15. The summed E-state index contributed by atoms with van der Waals surface area (Å²) >= 11 is 0. The molecule has 2 heteroatoms. The van der Waals surface area contributed by atoms with Crippen molar-refractivity contribution in [2.24, 2.45) is 5.92 Å². The molecule has 2 nitrogen and oxygen atoms in total. The highest BCUT2D eigenvalue weighted by molar-refractivity contribution is 5.28. The van der Waals surface area contributed by atoms with Crippen LogP contribution in [0.2, 0.25) is 0 Å². The molecular weight excluding hydrogens is 256 g/mol. The van der Waals surface area contributed by atoms with Gasteiger partial charge in [0.25, 0.3) is 0 Å². The van der Waals surface area contributed by atoms with Crippen LogP contribution in [0.3, 0.4) is 0 Å². The van der Waals surface area contributed by atoms with Gasteiger partial charge in [-0.05, 0) is 49.3 Å². The minimum Gasteiger partial charge on any atom is -0.314 e. The van der Waals surface area contributed by atoms with E-state index >= 15 is 0 Å². The molecule has 0 saturated heterocycles. The molecule has 0 radical (unpaired) electrons.